The molecule has 14 heavy (non-hydrogen) atoms. The van der Waals surface area contributed by atoms with Crippen molar-refractivity contribution >= 4 is 5.91 Å². The Hall–Kier alpha value is -0.650. The highest BCUT2D eigenvalue weighted by Crippen LogP contribution is 2.04. The molecular formula is C9H20N2O3. The molecule has 0 aliphatic rings. The van der Waals surface area contributed by atoms with Crippen LogP contribution in [-0.2, 0) is 14.3 Å². The molecule has 0 aromatic rings. The monoisotopic (exact) mass is 204 g/mol. The van der Waals surface area contributed by atoms with Crippen LogP contribution in [0.2, 0.25) is 0 Å². The molecule has 0 spiro atoms. The van der Waals surface area contributed by atoms with E-state index in [4.69, 9.17) is 15.2 Å². The Morgan fingerprint density at radius 2 is 2.00 bits per heavy atom. The molecule has 0 radical (unpaired) electrons. The highest BCUT2D eigenvalue weighted by Gasteiger charge is 2.26. The average Bonchev–Trinajstić information content (AvgIpc) is 2.19. The minimum absolute atomic E-state index is 0.195. The molecule has 5 nitrogen and oxygen atoms in total. The van der Waals surface area contributed by atoms with Crippen LogP contribution in [0.15, 0.2) is 0 Å². The van der Waals surface area contributed by atoms with E-state index in [-0.39, 0.29) is 5.91 Å². The Morgan fingerprint density at radius 1 is 1.50 bits per heavy atom. The molecule has 5 heteroatoms. The standard InChI is InChI=1S/C9H20N2O3/c1-5-9(2,10)8(12)11-6-7(13-3)14-4/h7H,5-6,10H2,1-4H3,(H,11,12). The minimum Gasteiger partial charge on any atom is -0.354 e. The number of nitrogens with one attached hydrogen (secondary N) is 1. The van der Waals surface area contributed by atoms with Gasteiger partial charge in [0.1, 0.15) is 0 Å². The lowest BCUT2D eigenvalue weighted by Gasteiger charge is -2.23. The van der Waals surface area contributed by atoms with Gasteiger partial charge < -0.3 is 20.5 Å². The van der Waals surface area contributed by atoms with Gasteiger partial charge in [-0.2, -0.15) is 0 Å². The van der Waals surface area contributed by atoms with E-state index in [1.54, 1.807) is 6.92 Å². The molecule has 0 aliphatic carbocycles. The second-order valence-electron chi connectivity index (χ2n) is 3.38. The first-order valence-corrected chi connectivity index (χ1v) is 4.60. The normalized spacial score (nSPS) is 15.3. The largest absolute Gasteiger partial charge is 0.354 e. The van der Waals surface area contributed by atoms with Crippen LogP contribution in [0.25, 0.3) is 0 Å². The molecule has 0 aliphatic heterocycles. The van der Waals surface area contributed by atoms with E-state index in [9.17, 15) is 4.79 Å². The highest BCUT2D eigenvalue weighted by molar-refractivity contribution is 5.85. The number of nitrogens with two attached hydrogens (primary N) is 1. The Morgan fingerprint density at radius 3 is 2.36 bits per heavy atom. The number of methoxy groups -OCH3 is 2. The summed E-state index contributed by atoms with van der Waals surface area (Å²) in [6.07, 6.45) is 0.162. The van der Waals surface area contributed by atoms with Crippen molar-refractivity contribution in [2.75, 3.05) is 20.8 Å². The van der Waals surface area contributed by atoms with Gasteiger partial charge in [0.25, 0.3) is 0 Å². The number of rotatable bonds is 6. The third kappa shape index (κ3) is 4.04. The summed E-state index contributed by atoms with van der Waals surface area (Å²) >= 11 is 0. The van der Waals surface area contributed by atoms with Crippen LogP contribution in [-0.4, -0.2) is 38.5 Å². The Kier molecular flexibility index (Phi) is 5.68. The maximum Gasteiger partial charge on any atom is 0.239 e. The summed E-state index contributed by atoms with van der Waals surface area (Å²) in [6, 6.07) is 0. The average molecular weight is 204 g/mol. The highest BCUT2D eigenvalue weighted by atomic mass is 16.7. The van der Waals surface area contributed by atoms with E-state index in [1.165, 1.54) is 14.2 Å². The molecule has 3 N–H and O–H groups in total. The van der Waals surface area contributed by atoms with E-state index in [0.29, 0.717) is 13.0 Å². The van der Waals surface area contributed by atoms with Crippen LogP contribution in [0.3, 0.4) is 0 Å². The van der Waals surface area contributed by atoms with Crippen LogP contribution >= 0.6 is 0 Å². The maximum absolute atomic E-state index is 11.5. The summed E-state index contributed by atoms with van der Waals surface area (Å²) in [4.78, 5) is 11.5. The van der Waals surface area contributed by atoms with Crippen molar-refractivity contribution in [2.24, 2.45) is 5.73 Å². The Labute approximate surface area is 84.9 Å². The van der Waals surface area contributed by atoms with Gasteiger partial charge >= 0.3 is 0 Å². The third-order valence-electron chi connectivity index (χ3n) is 2.21. The van der Waals surface area contributed by atoms with E-state index < -0.39 is 11.8 Å². The lowest BCUT2D eigenvalue weighted by molar-refractivity contribution is -0.131. The fourth-order valence-corrected chi connectivity index (χ4v) is 0.801. The predicted octanol–water partition coefficient (Wildman–Crippen LogP) is -0.151. The van der Waals surface area contributed by atoms with E-state index in [2.05, 4.69) is 5.32 Å². The van der Waals surface area contributed by atoms with Gasteiger partial charge in [0.05, 0.1) is 12.1 Å². The lowest BCUT2D eigenvalue weighted by Crippen LogP contribution is -2.52. The van der Waals surface area contributed by atoms with Crippen molar-refractivity contribution in [1.82, 2.24) is 5.32 Å². The number of hydrogen-bond acceptors (Lipinski definition) is 4. The number of ether oxygens (including phenoxy) is 2. The van der Waals surface area contributed by atoms with Crippen LogP contribution in [0, 0.1) is 0 Å². The Balaban J connectivity index is 3.95. The second kappa shape index (κ2) is 5.95. The summed E-state index contributed by atoms with van der Waals surface area (Å²) in [5, 5.41) is 2.66. The molecule has 0 heterocycles. The second-order valence-corrected chi connectivity index (χ2v) is 3.38. The van der Waals surface area contributed by atoms with E-state index in [0.717, 1.165) is 0 Å². The maximum atomic E-state index is 11.5. The zero-order valence-electron chi connectivity index (χ0n) is 9.29. The molecule has 1 amide bonds. The third-order valence-corrected chi connectivity index (χ3v) is 2.21. The van der Waals surface area contributed by atoms with Gasteiger partial charge in [-0.3, -0.25) is 4.79 Å². The summed E-state index contributed by atoms with van der Waals surface area (Å²) in [7, 11) is 3.03. The number of carbonyl (C=O) groups is 1. The predicted molar refractivity (Wildman–Crippen MR) is 53.7 cm³/mol. The van der Waals surface area contributed by atoms with Crippen LogP contribution in [0.5, 0.6) is 0 Å². The molecule has 0 bridgehead atoms. The van der Waals surface area contributed by atoms with E-state index >= 15 is 0 Å². The summed E-state index contributed by atoms with van der Waals surface area (Å²) in [5.74, 6) is -0.195. The molecule has 0 saturated carbocycles. The molecule has 0 rings (SSSR count). The summed E-state index contributed by atoms with van der Waals surface area (Å²) in [6.45, 7) is 3.86. The zero-order chi connectivity index (χ0) is 11.2. The molecule has 0 saturated heterocycles. The fraction of sp³-hybridized carbons (Fsp3) is 0.889. The van der Waals surface area contributed by atoms with Crippen LogP contribution in [0.4, 0.5) is 0 Å². The van der Waals surface area contributed by atoms with Crippen molar-refractivity contribution in [3.8, 4) is 0 Å². The Bertz CT molecular complexity index is 179. The fourth-order valence-electron chi connectivity index (χ4n) is 0.801. The van der Waals surface area contributed by atoms with Crippen LogP contribution < -0.4 is 11.1 Å². The quantitative estimate of drug-likeness (QED) is 0.590. The first-order valence-electron chi connectivity index (χ1n) is 4.60. The van der Waals surface area contributed by atoms with Crippen LogP contribution in [0.1, 0.15) is 20.3 Å². The number of hydrogen-bond donors (Lipinski definition) is 2. The van der Waals surface area contributed by atoms with Crippen molar-refractivity contribution in [1.29, 1.82) is 0 Å². The van der Waals surface area contributed by atoms with Crippen molar-refractivity contribution in [3.05, 3.63) is 0 Å². The molecule has 0 aromatic heterocycles. The molecular weight excluding hydrogens is 184 g/mol. The van der Waals surface area contributed by atoms with Crippen molar-refractivity contribution in [2.45, 2.75) is 32.1 Å². The van der Waals surface area contributed by atoms with Gasteiger partial charge in [-0.25, -0.2) is 0 Å². The van der Waals surface area contributed by atoms with Gasteiger partial charge in [-0.05, 0) is 13.3 Å². The molecule has 1 unspecified atom stereocenters. The molecule has 0 fully saturated rings. The van der Waals surface area contributed by atoms with Gasteiger partial charge in [0, 0.05) is 14.2 Å². The van der Waals surface area contributed by atoms with Crippen molar-refractivity contribution < 1.29 is 14.3 Å². The van der Waals surface area contributed by atoms with Gasteiger partial charge in [-0.1, -0.05) is 6.92 Å². The molecule has 1 atom stereocenters. The first-order chi connectivity index (χ1) is 6.47. The van der Waals surface area contributed by atoms with Gasteiger partial charge in [-0.15, -0.1) is 0 Å². The number of amides is 1. The molecule has 84 valence electrons. The van der Waals surface area contributed by atoms with Gasteiger partial charge in [0.15, 0.2) is 6.29 Å². The van der Waals surface area contributed by atoms with E-state index in [1.807, 2.05) is 6.92 Å². The molecule has 0 aromatic carbocycles. The summed E-state index contributed by atoms with van der Waals surface area (Å²) in [5.41, 5.74) is 4.91. The first kappa shape index (κ1) is 13.4. The summed E-state index contributed by atoms with van der Waals surface area (Å²) < 4.78 is 9.84. The SMILES string of the molecule is CCC(C)(N)C(=O)NCC(OC)OC. The number of carbonyl (C=O) groups excluding carboxylic acids is 1. The minimum atomic E-state index is -0.827. The van der Waals surface area contributed by atoms with Gasteiger partial charge in [0.2, 0.25) is 5.91 Å². The lowest BCUT2D eigenvalue weighted by atomic mass is 10.00. The zero-order valence-corrected chi connectivity index (χ0v) is 9.29. The topological polar surface area (TPSA) is 73.6 Å². The van der Waals surface area contributed by atoms with Crippen molar-refractivity contribution in [3.63, 3.8) is 0 Å². The smallest absolute Gasteiger partial charge is 0.239 e.